The number of nitrogens with one attached hydrogen (secondary N) is 1. The molecule has 1 aliphatic heterocycles. The molecule has 0 bridgehead atoms. The second kappa shape index (κ2) is 6.36. The summed E-state index contributed by atoms with van der Waals surface area (Å²) in [5.74, 6) is 1.90. The highest BCUT2D eigenvalue weighted by Crippen LogP contribution is 2.39. The number of hydrogen-bond donors (Lipinski definition) is 1. The second-order valence-corrected chi connectivity index (χ2v) is 7.76. The highest BCUT2D eigenvalue weighted by atomic mass is 15.2. The molecule has 20 heavy (non-hydrogen) atoms. The molecule has 2 saturated carbocycles. The van der Waals surface area contributed by atoms with Gasteiger partial charge in [-0.2, -0.15) is 0 Å². The van der Waals surface area contributed by atoms with Crippen LogP contribution in [0.5, 0.6) is 0 Å². The zero-order valence-corrected chi connectivity index (χ0v) is 13.7. The first kappa shape index (κ1) is 14.8. The summed E-state index contributed by atoms with van der Waals surface area (Å²) >= 11 is 0. The average Bonchev–Trinajstić information content (AvgIpc) is 2.72. The van der Waals surface area contributed by atoms with Gasteiger partial charge >= 0.3 is 0 Å². The van der Waals surface area contributed by atoms with Crippen molar-refractivity contribution in [2.24, 2.45) is 11.8 Å². The van der Waals surface area contributed by atoms with Crippen molar-refractivity contribution in [1.29, 1.82) is 0 Å². The molecular formula is C18H34N2. The van der Waals surface area contributed by atoms with E-state index in [1.54, 1.807) is 0 Å². The Morgan fingerprint density at radius 1 is 1.10 bits per heavy atom. The number of rotatable bonds is 2. The van der Waals surface area contributed by atoms with Crippen LogP contribution < -0.4 is 5.32 Å². The highest BCUT2D eigenvalue weighted by molar-refractivity contribution is 4.98. The monoisotopic (exact) mass is 278 g/mol. The molecule has 116 valence electrons. The van der Waals surface area contributed by atoms with Gasteiger partial charge in [-0.1, -0.05) is 39.5 Å². The SMILES string of the molecule is CCC1CCC(N2CCCNC3(CCCCC3)C2)C1C. The minimum Gasteiger partial charge on any atom is -0.310 e. The van der Waals surface area contributed by atoms with Crippen molar-refractivity contribution in [3.05, 3.63) is 0 Å². The maximum absolute atomic E-state index is 3.95. The minimum absolute atomic E-state index is 0.471. The van der Waals surface area contributed by atoms with E-state index in [1.165, 1.54) is 77.4 Å². The van der Waals surface area contributed by atoms with Crippen LogP contribution in [-0.2, 0) is 0 Å². The third-order valence-electron chi connectivity index (χ3n) is 6.62. The lowest BCUT2D eigenvalue weighted by Crippen LogP contribution is -2.54. The molecule has 0 amide bonds. The van der Waals surface area contributed by atoms with E-state index >= 15 is 0 Å². The van der Waals surface area contributed by atoms with Gasteiger partial charge < -0.3 is 5.32 Å². The predicted molar refractivity (Wildman–Crippen MR) is 86.0 cm³/mol. The van der Waals surface area contributed by atoms with Crippen LogP contribution in [0.15, 0.2) is 0 Å². The summed E-state index contributed by atoms with van der Waals surface area (Å²) in [7, 11) is 0. The molecule has 0 aromatic carbocycles. The summed E-state index contributed by atoms with van der Waals surface area (Å²) in [6.07, 6.45) is 12.8. The van der Waals surface area contributed by atoms with Crippen LogP contribution in [-0.4, -0.2) is 36.1 Å². The van der Waals surface area contributed by atoms with Gasteiger partial charge in [0.15, 0.2) is 0 Å². The largest absolute Gasteiger partial charge is 0.310 e. The molecule has 3 atom stereocenters. The summed E-state index contributed by atoms with van der Waals surface area (Å²) in [5, 5.41) is 3.95. The molecule has 2 aliphatic carbocycles. The third-order valence-corrected chi connectivity index (χ3v) is 6.62. The van der Waals surface area contributed by atoms with Gasteiger partial charge in [-0.3, -0.25) is 4.90 Å². The van der Waals surface area contributed by atoms with Gasteiger partial charge in [-0.15, -0.1) is 0 Å². The summed E-state index contributed by atoms with van der Waals surface area (Å²) in [4.78, 5) is 2.89. The molecule has 0 radical (unpaired) electrons. The van der Waals surface area contributed by atoms with Gasteiger partial charge in [-0.25, -0.2) is 0 Å². The molecule has 2 heteroatoms. The molecule has 3 aliphatic rings. The Morgan fingerprint density at radius 3 is 2.60 bits per heavy atom. The first-order valence-corrected chi connectivity index (χ1v) is 9.23. The van der Waals surface area contributed by atoms with Gasteiger partial charge in [-0.05, 0) is 57.0 Å². The third kappa shape index (κ3) is 2.92. The van der Waals surface area contributed by atoms with E-state index < -0.39 is 0 Å². The second-order valence-electron chi connectivity index (χ2n) is 7.76. The van der Waals surface area contributed by atoms with Gasteiger partial charge in [0.2, 0.25) is 0 Å². The van der Waals surface area contributed by atoms with Crippen molar-refractivity contribution < 1.29 is 0 Å². The van der Waals surface area contributed by atoms with Gasteiger partial charge in [0.1, 0.15) is 0 Å². The Bertz CT molecular complexity index is 309. The van der Waals surface area contributed by atoms with Crippen molar-refractivity contribution in [1.82, 2.24) is 10.2 Å². The number of nitrogens with zero attached hydrogens (tertiary/aromatic N) is 1. The summed E-state index contributed by atoms with van der Waals surface area (Å²) in [5.41, 5.74) is 0.471. The fraction of sp³-hybridized carbons (Fsp3) is 1.00. The Hall–Kier alpha value is -0.0800. The Kier molecular flexibility index (Phi) is 4.72. The molecule has 1 heterocycles. The van der Waals surface area contributed by atoms with E-state index in [0.29, 0.717) is 5.54 Å². The Morgan fingerprint density at radius 2 is 1.90 bits per heavy atom. The van der Waals surface area contributed by atoms with E-state index in [4.69, 9.17) is 0 Å². The molecule has 1 N–H and O–H groups in total. The van der Waals surface area contributed by atoms with Gasteiger partial charge in [0.25, 0.3) is 0 Å². The predicted octanol–water partition coefficient (Wildman–Crippen LogP) is 3.81. The lowest BCUT2D eigenvalue weighted by Gasteiger charge is -2.42. The van der Waals surface area contributed by atoms with E-state index in [1.807, 2.05) is 0 Å². The molecular weight excluding hydrogens is 244 g/mol. The maximum atomic E-state index is 3.95. The molecule has 1 spiro atoms. The Labute approximate surface area is 125 Å². The zero-order valence-electron chi connectivity index (χ0n) is 13.7. The van der Waals surface area contributed by atoms with Crippen LogP contribution >= 0.6 is 0 Å². The van der Waals surface area contributed by atoms with Crippen LogP contribution in [0, 0.1) is 11.8 Å². The molecule has 3 fully saturated rings. The molecule has 0 aromatic rings. The summed E-state index contributed by atoms with van der Waals surface area (Å²) < 4.78 is 0. The van der Waals surface area contributed by atoms with Crippen molar-refractivity contribution in [2.45, 2.75) is 83.2 Å². The molecule has 0 aromatic heterocycles. The zero-order chi connectivity index (χ0) is 14.0. The number of hydrogen-bond acceptors (Lipinski definition) is 2. The highest BCUT2D eigenvalue weighted by Gasteiger charge is 2.41. The summed E-state index contributed by atoms with van der Waals surface area (Å²) in [6.45, 7) is 8.82. The molecule has 1 saturated heterocycles. The molecule has 3 unspecified atom stereocenters. The Balaban J connectivity index is 1.69. The van der Waals surface area contributed by atoms with Crippen molar-refractivity contribution in [3.8, 4) is 0 Å². The standard InChI is InChI=1S/C18H34N2/c1-3-16-8-9-17(15(16)2)20-13-7-12-19-18(14-20)10-5-4-6-11-18/h15-17,19H,3-14H2,1-2H3. The molecule has 3 rings (SSSR count). The van der Waals surface area contributed by atoms with Crippen molar-refractivity contribution in [2.75, 3.05) is 19.6 Å². The quantitative estimate of drug-likeness (QED) is 0.826. The fourth-order valence-electron chi connectivity index (χ4n) is 5.32. The van der Waals surface area contributed by atoms with Crippen LogP contribution in [0.1, 0.15) is 71.6 Å². The van der Waals surface area contributed by atoms with Gasteiger partial charge in [0.05, 0.1) is 0 Å². The minimum atomic E-state index is 0.471. The van der Waals surface area contributed by atoms with Crippen LogP contribution in [0.4, 0.5) is 0 Å². The van der Waals surface area contributed by atoms with Gasteiger partial charge in [0, 0.05) is 18.1 Å². The summed E-state index contributed by atoms with van der Waals surface area (Å²) in [6, 6.07) is 0.874. The van der Waals surface area contributed by atoms with E-state index in [9.17, 15) is 0 Å². The van der Waals surface area contributed by atoms with Crippen molar-refractivity contribution in [3.63, 3.8) is 0 Å². The van der Waals surface area contributed by atoms with E-state index in [2.05, 4.69) is 24.1 Å². The smallest absolute Gasteiger partial charge is 0.0308 e. The van der Waals surface area contributed by atoms with Crippen molar-refractivity contribution >= 4 is 0 Å². The topological polar surface area (TPSA) is 15.3 Å². The first-order valence-electron chi connectivity index (χ1n) is 9.23. The van der Waals surface area contributed by atoms with E-state index in [0.717, 1.165) is 17.9 Å². The maximum Gasteiger partial charge on any atom is 0.0308 e. The van der Waals surface area contributed by atoms with E-state index in [-0.39, 0.29) is 0 Å². The average molecular weight is 278 g/mol. The normalized spacial score (nSPS) is 39.0. The van der Waals surface area contributed by atoms with Crippen LogP contribution in [0.2, 0.25) is 0 Å². The molecule has 2 nitrogen and oxygen atoms in total. The van der Waals surface area contributed by atoms with Crippen LogP contribution in [0.3, 0.4) is 0 Å². The lowest BCUT2D eigenvalue weighted by molar-refractivity contribution is 0.105. The van der Waals surface area contributed by atoms with Crippen LogP contribution in [0.25, 0.3) is 0 Å². The first-order chi connectivity index (χ1) is 9.74. The fourth-order valence-corrected chi connectivity index (χ4v) is 5.32. The lowest BCUT2D eigenvalue weighted by atomic mass is 9.81.